The van der Waals surface area contributed by atoms with E-state index < -0.39 is 0 Å². The fraction of sp³-hybridized carbons (Fsp3) is 0.200. The molecule has 0 radical (unpaired) electrons. The number of halogens is 1. The maximum atomic E-state index is 13.0. The molecule has 2 aromatic rings. The molecule has 0 saturated heterocycles. The highest BCUT2D eigenvalue weighted by Crippen LogP contribution is 2.33. The second-order valence-electron chi connectivity index (χ2n) is 4.66. The van der Waals surface area contributed by atoms with Crippen LogP contribution in [0.3, 0.4) is 0 Å². The molecule has 1 aliphatic rings. The van der Waals surface area contributed by atoms with Gasteiger partial charge < -0.3 is 4.74 Å². The zero-order valence-electron chi connectivity index (χ0n) is 10.3. The second kappa shape index (κ2) is 4.99. The molecule has 4 heteroatoms. The van der Waals surface area contributed by atoms with Gasteiger partial charge in [-0.05, 0) is 29.3 Å². The molecule has 98 valence electrons. The zero-order valence-corrected chi connectivity index (χ0v) is 10.3. The summed E-state index contributed by atoms with van der Waals surface area (Å²) >= 11 is 0. The molecule has 3 nitrogen and oxygen atoms in total. The van der Waals surface area contributed by atoms with Crippen LogP contribution in [0.1, 0.15) is 17.2 Å². The van der Waals surface area contributed by atoms with E-state index >= 15 is 0 Å². The zero-order chi connectivity index (χ0) is 13.2. The second-order valence-corrected chi connectivity index (χ2v) is 4.66. The molecule has 2 atom stereocenters. The van der Waals surface area contributed by atoms with Crippen LogP contribution in [0.15, 0.2) is 48.5 Å². The summed E-state index contributed by atoms with van der Waals surface area (Å²) in [6.07, 6.45) is 0.718. The number of nitrogens with one attached hydrogen (secondary N) is 1. The van der Waals surface area contributed by atoms with Crippen molar-refractivity contribution in [2.24, 2.45) is 5.84 Å². The normalized spacial score (nSPS) is 18.7. The number of hydrogen-bond donors (Lipinski definition) is 2. The largest absolute Gasteiger partial charge is 0.488 e. The summed E-state index contributed by atoms with van der Waals surface area (Å²) in [6, 6.07) is 14.1. The molecule has 0 bridgehead atoms. The number of para-hydroxylation sites is 1. The van der Waals surface area contributed by atoms with Gasteiger partial charge in [-0.2, -0.15) is 0 Å². The van der Waals surface area contributed by atoms with Crippen LogP contribution in [0.4, 0.5) is 4.39 Å². The van der Waals surface area contributed by atoms with Gasteiger partial charge in [0.1, 0.15) is 17.7 Å². The van der Waals surface area contributed by atoms with E-state index in [0.717, 1.165) is 17.7 Å². The van der Waals surface area contributed by atoms with Crippen LogP contribution >= 0.6 is 0 Å². The number of hydrogen-bond acceptors (Lipinski definition) is 3. The van der Waals surface area contributed by atoms with Crippen molar-refractivity contribution in [3.63, 3.8) is 0 Å². The Morgan fingerprint density at radius 1 is 1.16 bits per heavy atom. The van der Waals surface area contributed by atoms with Crippen LogP contribution in [0, 0.1) is 5.82 Å². The quantitative estimate of drug-likeness (QED) is 0.656. The van der Waals surface area contributed by atoms with Gasteiger partial charge in [-0.3, -0.25) is 5.84 Å². The lowest BCUT2D eigenvalue weighted by molar-refractivity contribution is 0.179. The average Bonchev–Trinajstić information content (AvgIpc) is 2.85. The Hall–Kier alpha value is -1.91. The minimum atomic E-state index is -0.254. The van der Waals surface area contributed by atoms with Crippen LogP contribution < -0.4 is 16.0 Å². The third-order valence-electron chi connectivity index (χ3n) is 3.45. The first-order valence-electron chi connectivity index (χ1n) is 6.24. The fourth-order valence-corrected chi connectivity index (χ4v) is 2.48. The number of ether oxygens (including phenoxy) is 1. The molecule has 3 N–H and O–H groups in total. The Kier molecular flexibility index (Phi) is 3.19. The molecular formula is C15H15FN2O. The molecular weight excluding hydrogens is 243 g/mol. The Morgan fingerprint density at radius 3 is 2.58 bits per heavy atom. The van der Waals surface area contributed by atoms with Gasteiger partial charge in [-0.15, -0.1) is 0 Å². The van der Waals surface area contributed by atoms with Crippen molar-refractivity contribution in [2.45, 2.75) is 18.6 Å². The Bertz CT molecular complexity index is 546. The Morgan fingerprint density at radius 2 is 1.89 bits per heavy atom. The molecule has 2 unspecified atom stereocenters. The highest BCUT2D eigenvalue weighted by atomic mass is 19.1. The van der Waals surface area contributed by atoms with Gasteiger partial charge in [0.15, 0.2) is 0 Å². The number of nitrogens with two attached hydrogens (primary N) is 1. The first-order chi connectivity index (χ1) is 9.28. The van der Waals surface area contributed by atoms with E-state index in [4.69, 9.17) is 10.6 Å². The smallest absolute Gasteiger partial charge is 0.124 e. The summed E-state index contributed by atoms with van der Waals surface area (Å²) in [5, 5.41) is 0. The highest BCUT2D eigenvalue weighted by molar-refractivity contribution is 5.38. The van der Waals surface area contributed by atoms with E-state index in [9.17, 15) is 4.39 Å². The predicted octanol–water partition coefficient (Wildman–Crippen LogP) is 2.33. The van der Waals surface area contributed by atoms with Gasteiger partial charge in [0.05, 0.1) is 6.04 Å². The number of rotatable bonds is 3. The van der Waals surface area contributed by atoms with Gasteiger partial charge >= 0.3 is 0 Å². The van der Waals surface area contributed by atoms with Crippen LogP contribution in [0.5, 0.6) is 5.75 Å². The summed E-state index contributed by atoms with van der Waals surface area (Å²) in [5.74, 6) is 6.28. The topological polar surface area (TPSA) is 47.3 Å². The van der Waals surface area contributed by atoms with Crippen molar-refractivity contribution in [1.29, 1.82) is 0 Å². The van der Waals surface area contributed by atoms with Crippen LogP contribution in [-0.2, 0) is 6.42 Å². The summed E-state index contributed by atoms with van der Waals surface area (Å²) in [7, 11) is 0. The first kappa shape index (κ1) is 12.1. The van der Waals surface area contributed by atoms with Gasteiger partial charge in [0.2, 0.25) is 0 Å². The summed E-state index contributed by atoms with van der Waals surface area (Å²) in [4.78, 5) is 0. The molecule has 0 aromatic heterocycles. The molecule has 19 heavy (non-hydrogen) atoms. The molecule has 1 aliphatic heterocycles. The molecule has 1 heterocycles. The van der Waals surface area contributed by atoms with Crippen LogP contribution in [0.25, 0.3) is 0 Å². The summed E-state index contributed by atoms with van der Waals surface area (Å²) < 4.78 is 18.9. The first-order valence-corrected chi connectivity index (χ1v) is 6.24. The van der Waals surface area contributed by atoms with E-state index in [2.05, 4.69) is 5.43 Å². The molecule has 0 amide bonds. The van der Waals surface area contributed by atoms with Crippen LogP contribution in [0.2, 0.25) is 0 Å². The van der Waals surface area contributed by atoms with Gasteiger partial charge in [-0.25, -0.2) is 9.82 Å². The SMILES string of the molecule is NNC(c1ccc(F)cc1)C1Cc2ccccc2O1. The van der Waals surface area contributed by atoms with Gasteiger partial charge in [0.25, 0.3) is 0 Å². The Labute approximate surface area is 111 Å². The maximum absolute atomic E-state index is 13.0. The number of hydrazine groups is 1. The summed E-state index contributed by atoms with van der Waals surface area (Å²) in [6.45, 7) is 0. The van der Waals surface area contributed by atoms with E-state index in [1.165, 1.54) is 17.7 Å². The molecule has 0 saturated carbocycles. The maximum Gasteiger partial charge on any atom is 0.124 e. The van der Waals surface area contributed by atoms with E-state index in [1.807, 2.05) is 24.3 Å². The monoisotopic (exact) mass is 258 g/mol. The Balaban J connectivity index is 1.83. The van der Waals surface area contributed by atoms with E-state index in [1.54, 1.807) is 12.1 Å². The number of fused-ring (bicyclic) bond motifs is 1. The molecule has 0 fully saturated rings. The molecule has 3 rings (SSSR count). The minimum absolute atomic E-state index is 0.0761. The number of benzene rings is 2. The van der Waals surface area contributed by atoms with Crippen molar-refractivity contribution in [3.05, 3.63) is 65.5 Å². The highest BCUT2D eigenvalue weighted by Gasteiger charge is 2.30. The van der Waals surface area contributed by atoms with E-state index in [-0.39, 0.29) is 18.0 Å². The summed E-state index contributed by atoms with van der Waals surface area (Å²) in [5.41, 5.74) is 4.86. The third kappa shape index (κ3) is 2.32. The van der Waals surface area contributed by atoms with Crippen molar-refractivity contribution < 1.29 is 9.13 Å². The molecule has 2 aromatic carbocycles. The average molecular weight is 258 g/mol. The van der Waals surface area contributed by atoms with Crippen molar-refractivity contribution >= 4 is 0 Å². The minimum Gasteiger partial charge on any atom is -0.488 e. The lowest BCUT2D eigenvalue weighted by Crippen LogP contribution is -2.38. The van der Waals surface area contributed by atoms with Crippen molar-refractivity contribution in [1.82, 2.24) is 5.43 Å². The molecule has 0 aliphatic carbocycles. The fourth-order valence-electron chi connectivity index (χ4n) is 2.48. The van der Waals surface area contributed by atoms with Gasteiger partial charge in [0, 0.05) is 6.42 Å². The van der Waals surface area contributed by atoms with Gasteiger partial charge in [-0.1, -0.05) is 30.3 Å². The lowest BCUT2D eigenvalue weighted by atomic mass is 9.98. The lowest BCUT2D eigenvalue weighted by Gasteiger charge is -2.22. The van der Waals surface area contributed by atoms with Crippen molar-refractivity contribution in [3.8, 4) is 5.75 Å². The van der Waals surface area contributed by atoms with Crippen molar-refractivity contribution in [2.75, 3.05) is 0 Å². The third-order valence-corrected chi connectivity index (χ3v) is 3.45. The standard InChI is InChI=1S/C15H15FN2O/c16-12-7-5-10(6-8-12)15(18-17)14-9-11-3-1-2-4-13(11)19-14/h1-8,14-15,18H,9,17H2. The van der Waals surface area contributed by atoms with Crippen LogP contribution in [-0.4, -0.2) is 6.10 Å². The molecule has 0 spiro atoms. The van der Waals surface area contributed by atoms with E-state index in [0.29, 0.717) is 0 Å². The predicted molar refractivity (Wildman–Crippen MR) is 71.0 cm³/mol.